The molecule has 0 spiro atoms. The number of likely N-dealkylation sites (N-methyl/N-ethyl adjacent to an activating group) is 1. The second kappa shape index (κ2) is 4.40. The Bertz CT molecular complexity index is 204. The summed E-state index contributed by atoms with van der Waals surface area (Å²) < 4.78 is 5.37. The fraction of sp³-hybridized carbons (Fsp3) is 1.00. The molecule has 1 rings (SSSR count). The number of nitrogens with zero attached hydrogens (tertiary/aromatic N) is 1. The van der Waals surface area contributed by atoms with Gasteiger partial charge in [0, 0.05) is 19.2 Å². The van der Waals surface area contributed by atoms with Gasteiger partial charge >= 0.3 is 0 Å². The Hall–Kier alpha value is -0.120. The average Bonchev–Trinajstić information content (AvgIpc) is 2.48. The van der Waals surface area contributed by atoms with E-state index >= 15 is 0 Å². The van der Waals surface area contributed by atoms with E-state index in [2.05, 4.69) is 39.6 Å². The zero-order chi connectivity index (χ0) is 11.7. The van der Waals surface area contributed by atoms with E-state index < -0.39 is 0 Å². The van der Waals surface area contributed by atoms with Crippen LogP contribution in [0.4, 0.5) is 0 Å². The standard InChI is InChI=1S/C12H26N2O/c1-10(11(2,3)4)14(5)8-12(13)6-7-15-9-12/h10H,6-9,13H2,1-5H3. The van der Waals surface area contributed by atoms with Gasteiger partial charge in [-0.3, -0.25) is 0 Å². The average molecular weight is 214 g/mol. The zero-order valence-corrected chi connectivity index (χ0v) is 10.8. The van der Waals surface area contributed by atoms with Gasteiger partial charge in [-0.05, 0) is 25.8 Å². The molecule has 2 N–H and O–H groups in total. The summed E-state index contributed by atoms with van der Waals surface area (Å²) >= 11 is 0. The fourth-order valence-corrected chi connectivity index (χ4v) is 2.04. The van der Waals surface area contributed by atoms with Gasteiger partial charge in [0.1, 0.15) is 0 Å². The summed E-state index contributed by atoms with van der Waals surface area (Å²) in [4.78, 5) is 2.36. The third kappa shape index (κ3) is 3.44. The van der Waals surface area contributed by atoms with Crippen LogP contribution >= 0.6 is 0 Å². The van der Waals surface area contributed by atoms with Crippen LogP contribution in [-0.2, 0) is 4.74 Å². The van der Waals surface area contributed by atoms with Crippen molar-refractivity contribution in [2.75, 3.05) is 26.8 Å². The molecule has 15 heavy (non-hydrogen) atoms. The Morgan fingerprint density at radius 1 is 1.47 bits per heavy atom. The number of nitrogens with two attached hydrogens (primary N) is 1. The molecular weight excluding hydrogens is 188 g/mol. The first-order valence-corrected chi connectivity index (χ1v) is 5.81. The molecule has 0 bridgehead atoms. The molecule has 90 valence electrons. The Kier molecular flexibility index (Phi) is 3.80. The third-order valence-electron chi connectivity index (χ3n) is 3.61. The topological polar surface area (TPSA) is 38.5 Å². The number of rotatable bonds is 3. The molecule has 0 saturated carbocycles. The van der Waals surface area contributed by atoms with Gasteiger partial charge < -0.3 is 15.4 Å². The van der Waals surface area contributed by atoms with Gasteiger partial charge in [0.15, 0.2) is 0 Å². The molecule has 3 heteroatoms. The van der Waals surface area contributed by atoms with Crippen LogP contribution in [0, 0.1) is 5.41 Å². The first-order valence-electron chi connectivity index (χ1n) is 5.81. The lowest BCUT2D eigenvalue weighted by atomic mass is 9.86. The summed E-state index contributed by atoms with van der Waals surface area (Å²) in [5.74, 6) is 0. The molecule has 0 radical (unpaired) electrons. The molecule has 1 saturated heterocycles. The zero-order valence-electron chi connectivity index (χ0n) is 10.8. The minimum atomic E-state index is -0.131. The predicted molar refractivity (Wildman–Crippen MR) is 63.9 cm³/mol. The number of ether oxygens (including phenoxy) is 1. The van der Waals surface area contributed by atoms with Crippen LogP contribution in [0.2, 0.25) is 0 Å². The highest BCUT2D eigenvalue weighted by atomic mass is 16.5. The van der Waals surface area contributed by atoms with E-state index in [0.717, 1.165) is 19.6 Å². The predicted octanol–water partition coefficient (Wildman–Crippen LogP) is 1.47. The van der Waals surface area contributed by atoms with Crippen molar-refractivity contribution >= 4 is 0 Å². The van der Waals surface area contributed by atoms with Crippen molar-refractivity contribution in [1.82, 2.24) is 4.90 Å². The molecule has 0 aliphatic carbocycles. The van der Waals surface area contributed by atoms with Crippen LogP contribution in [0.1, 0.15) is 34.1 Å². The molecule has 1 aliphatic heterocycles. The van der Waals surface area contributed by atoms with Crippen molar-refractivity contribution in [3.63, 3.8) is 0 Å². The van der Waals surface area contributed by atoms with Gasteiger partial charge in [-0.15, -0.1) is 0 Å². The largest absolute Gasteiger partial charge is 0.379 e. The van der Waals surface area contributed by atoms with Crippen molar-refractivity contribution < 1.29 is 4.74 Å². The molecular formula is C12H26N2O. The number of hydrogen-bond acceptors (Lipinski definition) is 3. The minimum absolute atomic E-state index is 0.131. The first-order chi connectivity index (χ1) is 6.75. The van der Waals surface area contributed by atoms with Gasteiger partial charge in [0.05, 0.1) is 12.1 Å². The monoisotopic (exact) mass is 214 g/mol. The maximum absolute atomic E-state index is 6.27. The molecule has 0 aromatic rings. The van der Waals surface area contributed by atoms with Gasteiger partial charge in [-0.2, -0.15) is 0 Å². The Morgan fingerprint density at radius 2 is 2.07 bits per heavy atom. The van der Waals surface area contributed by atoms with Crippen molar-refractivity contribution in [1.29, 1.82) is 0 Å². The Morgan fingerprint density at radius 3 is 2.47 bits per heavy atom. The molecule has 1 heterocycles. The molecule has 2 atom stereocenters. The normalized spacial score (nSPS) is 29.8. The van der Waals surface area contributed by atoms with Crippen molar-refractivity contribution in [2.24, 2.45) is 11.1 Å². The summed E-state index contributed by atoms with van der Waals surface area (Å²) in [5, 5.41) is 0. The van der Waals surface area contributed by atoms with E-state index in [1.807, 2.05) is 0 Å². The summed E-state index contributed by atoms with van der Waals surface area (Å²) in [7, 11) is 2.16. The first kappa shape index (κ1) is 12.9. The van der Waals surface area contributed by atoms with E-state index in [0.29, 0.717) is 18.1 Å². The minimum Gasteiger partial charge on any atom is -0.379 e. The van der Waals surface area contributed by atoms with Crippen molar-refractivity contribution in [3.05, 3.63) is 0 Å². The maximum Gasteiger partial charge on any atom is 0.0659 e. The van der Waals surface area contributed by atoms with Gasteiger partial charge in [-0.25, -0.2) is 0 Å². The lowest BCUT2D eigenvalue weighted by Gasteiger charge is -2.39. The summed E-state index contributed by atoms with van der Waals surface area (Å²) in [6, 6.07) is 0.526. The van der Waals surface area contributed by atoms with Crippen LogP contribution in [-0.4, -0.2) is 43.3 Å². The van der Waals surface area contributed by atoms with Crippen LogP contribution in [0.3, 0.4) is 0 Å². The summed E-state index contributed by atoms with van der Waals surface area (Å²) in [6.45, 7) is 11.5. The highest BCUT2D eigenvalue weighted by Crippen LogP contribution is 2.25. The fourth-order valence-electron chi connectivity index (χ4n) is 2.04. The van der Waals surface area contributed by atoms with Crippen molar-refractivity contribution in [3.8, 4) is 0 Å². The van der Waals surface area contributed by atoms with E-state index in [1.54, 1.807) is 0 Å². The van der Waals surface area contributed by atoms with E-state index in [1.165, 1.54) is 0 Å². The maximum atomic E-state index is 6.27. The lowest BCUT2D eigenvalue weighted by Crippen LogP contribution is -2.53. The highest BCUT2D eigenvalue weighted by molar-refractivity contribution is 4.92. The quantitative estimate of drug-likeness (QED) is 0.773. The summed E-state index contributed by atoms with van der Waals surface area (Å²) in [6.07, 6.45) is 0.980. The van der Waals surface area contributed by atoms with Crippen LogP contribution in [0.25, 0.3) is 0 Å². The second-order valence-electron chi connectivity index (χ2n) is 6.12. The molecule has 1 fully saturated rings. The molecule has 0 aromatic heterocycles. The molecule has 1 aliphatic rings. The SMILES string of the molecule is CC(N(C)CC1(N)CCOC1)C(C)(C)C. The second-order valence-corrected chi connectivity index (χ2v) is 6.12. The smallest absolute Gasteiger partial charge is 0.0659 e. The van der Waals surface area contributed by atoms with Gasteiger partial charge in [-0.1, -0.05) is 20.8 Å². The molecule has 2 unspecified atom stereocenters. The molecule has 0 aromatic carbocycles. The van der Waals surface area contributed by atoms with Gasteiger partial charge in [0.25, 0.3) is 0 Å². The molecule has 0 amide bonds. The third-order valence-corrected chi connectivity index (χ3v) is 3.61. The lowest BCUT2D eigenvalue weighted by molar-refractivity contribution is 0.103. The van der Waals surface area contributed by atoms with E-state index in [-0.39, 0.29) is 5.54 Å². The Balaban J connectivity index is 2.51. The Labute approximate surface area is 94.0 Å². The van der Waals surface area contributed by atoms with E-state index in [4.69, 9.17) is 10.5 Å². The summed E-state index contributed by atoms with van der Waals surface area (Å²) in [5.41, 5.74) is 6.44. The van der Waals surface area contributed by atoms with Crippen molar-refractivity contribution in [2.45, 2.75) is 45.7 Å². The van der Waals surface area contributed by atoms with Crippen LogP contribution < -0.4 is 5.73 Å². The van der Waals surface area contributed by atoms with Crippen LogP contribution in [0.15, 0.2) is 0 Å². The molecule has 3 nitrogen and oxygen atoms in total. The number of hydrogen-bond donors (Lipinski definition) is 1. The highest BCUT2D eigenvalue weighted by Gasteiger charge is 2.34. The van der Waals surface area contributed by atoms with Crippen LogP contribution in [0.5, 0.6) is 0 Å². The van der Waals surface area contributed by atoms with Gasteiger partial charge in [0.2, 0.25) is 0 Å². The van der Waals surface area contributed by atoms with E-state index in [9.17, 15) is 0 Å².